The van der Waals surface area contributed by atoms with Crippen molar-refractivity contribution in [2.45, 2.75) is 11.6 Å². The molecule has 1 rings (SSSR count). The van der Waals surface area contributed by atoms with Crippen molar-refractivity contribution in [1.82, 2.24) is 0 Å². The van der Waals surface area contributed by atoms with Gasteiger partial charge in [-0.25, -0.2) is 0 Å². The summed E-state index contributed by atoms with van der Waals surface area (Å²) in [7, 11) is 0. The van der Waals surface area contributed by atoms with Crippen LogP contribution >= 0.6 is 34.8 Å². The zero-order valence-electron chi connectivity index (χ0n) is 8.40. The molecule has 7 heteroatoms. The van der Waals surface area contributed by atoms with Gasteiger partial charge >= 0.3 is 6.18 Å². The highest BCUT2D eigenvalue weighted by Gasteiger charge is 2.28. The number of hydrogen-bond donors (Lipinski definition) is 0. The fourth-order valence-electron chi connectivity index (χ4n) is 1.12. The first-order chi connectivity index (χ1) is 7.79. The molecular weight excluding hydrogens is 299 g/mol. The van der Waals surface area contributed by atoms with Crippen LogP contribution in [0.3, 0.4) is 0 Å². The van der Waals surface area contributed by atoms with Gasteiger partial charge < -0.3 is 4.74 Å². The minimum absolute atomic E-state index is 0.291. The summed E-state index contributed by atoms with van der Waals surface area (Å²) in [6.45, 7) is -1.63. The van der Waals surface area contributed by atoms with Crippen LogP contribution in [0.2, 0.25) is 10.0 Å². The van der Waals surface area contributed by atoms with E-state index in [1.165, 1.54) is 12.1 Å². The molecule has 0 radical (unpaired) electrons. The Hall–Kier alpha value is -0.160. The van der Waals surface area contributed by atoms with Gasteiger partial charge in [-0.15, -0.1) is 11.6 Å². The van der Waals surface area contributed by atoms with Crippen molar-refractivity contribution in [3.63, 3.8) is 0 Å². The molecular formula is C10H8Cl3F3O. The van der Waals surface area contributed by atoms with Gasteiger partial charge in [-0.1, -0.05) is 23.2 Å². The molecule has 0 fully saturated rings. The Morgan fingerprint density at radius 1 is 1.24 bits per heavy atom. The van der Waals surface area contributed by atoms with Crippen molar-refractivity contribution in [2.75, 3.05) is 13.2 Å². The van der Waals surface area contributed by atoms with Crippen LogP contribution in [-0.4, -0.2) is 19.4 Å². The molecule has 1 aromatic rings. The first-order valence-corrected chi connectivity index (χ1v) is 5.72. The van der Waals surface area contributed by atoms with Crippen LogP contribution in [-0.2, 0) is 4.74 Å². The SMILES string of the molecule is FC(F)(F)COCC(Cl)c1cc(Cl)ccc1Cl. The number of benzene rings is 1. The predicted molar refractivity (Wildman–Crippen MR) is 61.9 cm³/mol. The van der Waals surface area contributed by atoms with Crippen LogP contribution in [0.5, 0.6) is 0 Å². The third-order valence-corrected chi connectivity index (χ3v) is 2.77. The van der Waals surface area contributed by atoms with Gasteiger partial charge in [-0.2, -0.15) is 13.2 Å². The third-order valence-electron chi connectivity index (χ3n) is 1.83. The van der Waals surface area contributed by atoms with Crippen molar-refractivity contribution < 1.29 is 17.9 Å². The first kappa shape index (κ1) is 14.9. The number of hydrogen-bond acceptors (Lipinski definition) is 1. The van der Waals surface area contributed by atoms with Crippen molar-refractivity contribution in [1.29, 1.82) is 0 Å². The molecule has 0 saturated carbocycles. The molecule has 1 nitrogen and oxygen atoms in total. The molecule has 0 heterocycles. The van der Waals surface area contributed by atoms with Crippen LogP contribution in [0, 0.1) is 0 Å². The molecule has 1 unspecified atom stereocenters. The Bertz CT molecular complexity index is 382. The monoisotopic (exact) mass is 306 g/mol. The molecule has 0 amide bonds. The number of halogens is 6. The second kappa shape index (κ2) is 6.14. The van der Waals surface area contributed by atoms with E-state index in [0.29, 0.717) is 15.6 Å². The molecule has 1 atom stereocenters. The summed E-state index contributed by atoms with van der Waals surface area (Å²) in [5.41, 5.74) is 0.447. The highest BCUT2D eigenvalue weighted by atomic mass is 35.5. The highest BCUT2D eigenvalue weighted by Crippen LogP contribution is 2.30. The van der Waals surface area contributed by atoms with E-state index in [1.807, 2.05) is 0 Å². The van der Waals surface area contributed by atoms with Gasteiger partial charge in [0.05, 0.1) is 12.0 Å². The third kappa shape index (κ3) is 5.34. The summed E-state index contributed by atoms with van der Waals surface area (Å²) < 4.78 is 40.0. The Labute approximate surface area is 111 Å². The largest absolute Gasteiger partial charge is 0.411 e. The summed E-state index contributed by atoms with van der Waals surface area (Å²) in [4.78, 5) is 0. The van der Waals surface area contributed by atoms with E-state index in [0.717, 1.165) is 0 Å². The lowest BCUT2D eigenvalue weighted by molar-refractivity contribution is -0.173. The summed E-state index contributed by atoms with van der Waals surface area (Å²) >= 11 is 17.4. The predicted octanol–water partition coefficient (Wildman–Crippen LogP) is 4.85. The molecule has 0 spiro atoms. The Balaban J connectivity index is 2.58. The zero-order valence-corrected chi connectivity index (χ0v) is 10.7. The van der Waals surface area contributed by atoms with Crippen LogP contribution in [0.4, 0.5) is 13.2 Å². The fraction of sp³-hybridized carbons (Fsp3) is 0.400. The minimum atomic E-state index is -4.37. The van der Waals surface area contributed by atoms with Gasteiger partial charge in [-0.3, -0.25) is 0 Å². The van der Waals surface area contributed by atoms with Crippen molar-refractivity contribution >= 4 is 34.8 Å². The maximum atomic E-state index is 11.8. The van der Waals surface area contributed by atoms with E-state index in [-0.39, 0.29) is 6.61 Å². The van der Waals surface area contributed by atoms with Gasteiger partial charge in [0, 0.05) is 10.0 Å². The number of rotatable bonds is 4. The quantitative estimate of drug-likeness (QED) is 0.722. The maximum Gasteiger partial charge on any atom is 0.411 e. The molecule has 0 aromatic heterocycles. The van der Waals surface area contributed by atoms with E-state index in [1.54, 1.807) is 6.07 Å². The smallest absolute Gasteiger partial charge is 0.370 e. The average Bonchev–Trinajstić information content (AvgIpc) is 2.19. The van der Waals surface area contributed by atoms with E-state index < -0.39 is 18.2 Å². The molecule has 0 N–H and O–H groups in total. The Kier molecular flexibility index (Phi) is 5.38. The maximum absolute atomic E-state index is 11.8. The van der Waals surface area contributed by atoms with E-state index in [9.17, 15) is 13.2 Å². The minimum Gasteiger partial charge on any atom is -0.370 e. The molecule has 0 aliphatic heterocycles. The summed E-state index contributed by atoms with van der Waals surface area (Å²) in [5.74, 6) is 0. The summed E-state index contributed by atoms with van der Waals surface area (Å²) in [6, 6.07) is 4.59. The van der Waals surface area contributed by atoms with Crippen LogP contribution in [0.15, 0.2) is 18.2 Å². The van der Waals surface area contributed by atoms with Crippen LogP contribution < -0.4 is 0 Å². The van der Waals surface area contributed by atoms with Gasteiger partial charge in [-0.05, 0) is 23.8 Å². The van der Waals surface area contributed by atoms with E-state index in [2.05, 4.69) is 4.74 Å². The van der Waals surface area contributed by atoms with E-state index in [4.69, 9.17) is 34.8 Å². The van der Waals surface area contributed by atoms with Gasteiger partial charge in [0.15, 0.2) is 0 Å². The number of alkyl halides is 4. The lowest BCUT2D eigenvalue weighted by Crippen LogP contribution is -2.18. The standard InChI is InChI=1S/C10H8Cl3F3O/c11-6-1-2-8(12)7(3-6)9(13)4-17-5-10(14,15)16/h1-3,9H,4-5H2. The lowest BCUT2D eigenvalue weighted by Gasteiger charge is -2.13. The Morgan fingerprint density at radius 2 is 1.88 bits per heavy atom. The lowest BCUT2D eigenvalue weighted by atomic mass is 10.1. The molecule has 0 aliphatic carbocycles. The second-order valence-corrected chi connectivity index (χ2v) is 4.63. The summed E-state index contributed by atoms with van der Waals surface area (Å²) in [6.07, 6.45) is -4.37. The van der Waals surface area contributed by atoms with Gasteiger partial charge in [0.1, 0.15) is 6.61 Å². The first-order valence-electron chi connectivity index (χ1n) is 4.53. The normalized spacial score (nSPS) is 13.8. The molecule has 96 valence electrons. The van der Waals surface area contributed by atoms with Gasteiger partial charge in [0.25, 0.3) is 0 Å². The van der Waals surface area contributed by atoms with Crippen molar-refractivity contribution in [3.05, 3.63) is 33.8 Å². The Morgan fingerprint density at radius 3 is 2.47 bits per heavy atom. The van der Waals surface area contributed by atoms with Crippen LogP contribution in [0.25, 0.3) is 0 Å². The average molecular weight is 308 g/mol. The second-order valence-electron chi connectivity index (χ2n) is 3.26. The van der Waals surface area contributed by atoms with E-state index >= 15 is 0 Å². The molecule has 1 aromatic carbocycles. The fourth-order valence-corrected chi connectivity index (χ4v) is 1.88. The summed E-state index contributed by atoms with van der Waals surface area (Å²) in [5, 5.41) is -0.0283. The molecule has 0 aliphatic rings. The van der Waals surface area contributed by atoms with Crippen molar-refractivity contribution in [3.8, 4) is 0 Å². The topological polar surface area (TPSA) is 9.23 Å². The van der Waals surface area contributed by atoms with Crippen LogP contribution in [0.1, 0.15) is 10.9 Å². The molecule has 0 bridgehead atoms. The molecule has 17 heavy (non-hydrogen) atoms. The molecule has 0 saturated heterocycles. The zero-order chi connectivity index (χ0) is 13.1. The highest BCUT2D eigenvalue weighted by molar-refractivity contribution is 6.34. The van der Waals surface area contributed by atoms with Crippen molar-refractivity contribution in [2.24, 2.45) is 0 Å². The number of ether oxygens (including phenoxy) is 1. The van der Waals surface area contributed by atoms with Gasteiger partial charge in [0.2, 0.25) is 0 Å².